The third-order valence-corrected chi connectivity index (χ3v) is 6.74. The van der Waals surface area contributed by atoms with Crippen molar-refractivity contribution in [3.05, 3.63) is 29.3 Å². The van der Waals surface area contributed by atoms with Crippen molar-refractivity contribution in [2.24, 2.45) is 5.92 Å². The molecule has 1 aromatic carbocycles. The van der Waals surface area contributed by atoms with Crippen LogP contribution in [0.4, 0.5) is 15.2 Å². The molecule has 7 nitrogen and oxygen atoms in total. The Hall–Kier alpha value is -1.49. The van der Waals surface area contributed by atoms with Crippen molar-refractivity contribution in [1.82, 2.24) is 14.7 Å². The molecule has 2 heterocycles. The lowest BCUT2D eigenvalue weighted by atomic mass is 9.96. The van der Waals surface area contributed by atoms with Gasteiger partial charge in [-0.1, -0.05) is 24.4 Å². The number of sulfonamides is 1. The number of unbranched alkanes of at least 4 members (excludes halogenated alkanes) is 2. The first-order valence-electron chi connectivity index (χ1n) is 8.69. The van der Waals surface area contributed by atoms with E-state index in [2.05, 4.69) is 24.7 Å². The quantitative estimate of drug-likeness (QED) is 0.497. The van der Waals surface area contributed by atoms with Crippen LogP contribution in [-0.4, -0.2) is 37.4 Å². The van der Waals surface area contributed by atoms with Gasteiger partial charge in [0.15, 0.2) is 0 Å². The normalized spacial score (nSPS) is 14.7. The predicted octanol–water partition coefficient (Wildman–Crippen LogP) is 3.32. The fraction of sp³-hybridized carbons (Fsp3) is 0.500. The lowest BCUT2D eigenvalue weighted by Crippen LogP contribution is -2.41. The summed E-state index contributed by atoms with van der Waals surface area (Å²) in [4.78, 5) is 3.20. The van der Waals surface area contributed by atoms with Crippen molar-refractivity contribution < 1.29 is 12.8 Å². The molecule has 1 aliphatic heterocycles. The van der Waals surface area contributed by atoms with Gasteiger partial charge >= 0.3 is 0 Å². The summed E-state index contributed by atoms with van der Waals surface area (Å²) in [6, 6.07) is 2.21. The molecule has 3 N–H and O–H groups in total. The fourth-order valence-electron chi connectivity index (χ4n) is 2.77. The van der Waals surface area contributed by atoms with Crippen LogP contribution in [0.1, 0.15) is 25.7 Å². The standard InChI is InChI=1S/C16H21ClFN5O2S2/c17-12-6-15(27(24,25)23-16-21-10-22-26-16)13(18)7-14(12)20-5-3-1-2-4-11-8-19-9-11/h6-7,10-11,19-20H,1-5,8-9H2,(H,21,22,23). The Morgan fingerprint density at radius 1 is 1.30 bits per heavy atom. The maximum atomic E-state index is 14.4. The highest BCUT2D eigenvalue weighted by atomic mass is 35.5. The second-order valence-electron chi connectivity index (χ2n) is 6.41. The number of hydrogen-bond donors (Lipinski definition) is 3. The van der Waals surface area contributed by atoms with Gasteiger partial charge in [-0.05, 0) is 44.0 Å². The fourth-order valence-corrected chi connectivity index (χ4v) is 4.81. The van der Waals surface area contributed by atoms with Crippen LogP contribution < -0.4 is 15.4 Å². The minimum absolute atomic E-state index is 0.0606. The Kier molecular flexibility index (Phi) is 6.85. The minimum atomic E-state index is -4.13. The molecule has 1 aliphatic rings. The molecular formula is C16H21ClFN5O2S2. The van der Waals surface area contributed by atoms with Crippen molar-refractivity contribution >= 4 is 44.0 Å². The molecule has 0 amide bonds. The molecule has 0 spiro atoms. The van der Waals surface area contributed by atoms with Gasteiger partial charge < -0.3 is 10.6 Å². The van der Waals surface area contributed by atoms with Crippen LogP contribution in [0.15, 0.2) is 23.4 Å². The van der Waals surface area contributed by atoms with E-state index in [0.29, 0.717) is 12.2 Å². The van der Waals surface area contributed by atoms with Crippen LogP contribution >= 0.6 is 23.1 Å². The van der Waals surface area contributed by atoms with Gasteiger partial charge in [-0.2, -0.15) is 4.37 Å². The summed E-state index contributed by atoms with van der Waals surface area (Å²) >= 11 is 7.00. The molecule has 0 saturated carbocycles. The SMILES string of the molecule is O=S(=O)(Nc1ncns1)c1cc(Cl)c(NCCCCCC2CNC2)cc1F. The van der Waals surface area contributed by atoms with Crippen LogP contribution in [0, 0.1) is 11.7 Å². The molecule has 11 heteroatoms. The number of nitrogens with zero attached hydrogens (tertiary/aromatic N) is 2. The van der Waals surface area contributed by atoms with E-state index in [-0.39, 0.29) is 10.2 Å². The Morgan fingerprint density at radius 3 is 2.78 bits per heavy atom. The summed E-state index contributed by atoms with van der Waals surface area (Å²) in [5.41, 5.74) is 0.382. The first kappa shape index (κ1) is 20.2. The molecule has 27 heavy (non-hydrogen) atoms. The van der Waals surface area contributed by atoms with Crippen molar-refractivity contribution in [1.29, 1.82) is 0 Å². The van der Waals surface area contributed by atoms with Crippen LogP contribution in [0.5, 0.6) is 0 Å². The number of aromatic nitrogens is 2. The highest BCUT2D eigenvalue weighted by molar-refractivity contribution is 7.93. The van der Waals surface area contributed by atoms with Crippen molar-refractivity contribution in [3.63, 3.8) is 0 Å². The van der Waals surface area contributed by atoms with Crippen LogP contribution in [0.3, 0.4) is 0 Å². The van der Waals surface area contributed by atoms with E-state index < -0.39 is 20.7 Å². The van der Waals surface area contributed by atoms with Gasteiger partial charge in [0.25, 0.3) is 10.0 Å². The van der Waals surface area contributed by atoms with Crippen molar-refractivity contribution in [3.8, 4) is 0 Å². The first-order valence-corrected chi connectivity index (χ1v) is 11.3. The molecular weight excluding hydrogens is 413 g/mol. The second kappa shape index (κ2) is 9.13. The predicted molar refractivity (Wildman–Crippen MR) is 105 cm³/mol. The summed E-state index contributed by atoms with van der Waals surface area (Å²) in [5, 5.41) is 6.54. The van der Waals surface area contributed by atoms with Gasteiger partial charge in [0, 0.05) is 18.1 Å². The zero-order valence-corrected chi connectivity index (χ0v) is 16.9. The second-order valence-corrected chi connectivity index (χ2v) is 9.25. The van der Waals surface area contributed by atoms with Crippen LogP contribution in [0.25, 0.3) is 0 Å². The van der Waals surface area contributed by atoms with E-state index in [9.17, 15) is 12.8 Å². The van der Waals surface area contributed by atoms with Gasteiger partial charge in [-0.15, -0.1) is 0 Å². The molecule has 1 fully saturated rings. The molecule has 2 aromatic rings. The lowest BCUT2D eigenvalue weighted by molar-refractivity contribution is 0.317. The minimum Gasteiger partial charge on any atom is -0.384 e. The van der Waals surface area contributed by atoms with E-state index in [1.54, 1.807) is 0 Å². The van der Waals surface area contributed by atoms with Gasteiger partial charge in [0.05, 0.1) is 10.7 Å². The molecule has 0 radical (unpaired) electrons. The van der Waals surface area contributed by atoms with Crippen molar-refractivity contribution in [2.75, 3.05) is 29.7 Å². The number of hydrogen-bond acceptors (Lipinski definition) is 7. The maximum absolute atomic E-state index is 14.4. The number of nitrogens with one attached hydrogen (secondary N) is 3. The molecule has 148 valence electrons. The van der Waals surface area contributed by atoms with E-state index in [1.807, 2.05) is 0 Å². The van der Waals surface area contributed by atoms with Gasteiger partial charge in [0.1, 0.15) is 17.0 Å². The molecule has 0 unspecified atom stereocenters. The molecule has 0 aliphatic carbocycles. The van der Waals surface area contributed by atoms with E-state index in [4.69, 9.17) is 11.6 Å². The molecule has 0 bridgehead atoms. The van der Waals surface area contributed by atoms with Crippen LogP contribution in [-0.2, 0) is 10.0 Å². The summed E-state index contributed by atoms with van der Waals surface area (Å²) in [6.45, 7) is 2.89. The number of halogens is 2. The lowest BCUT2D eigenvalue weighted by Gasteiger charge is -2.26. The summed E-state index contributed by atoms with van der Waals surface area (Å²) in [7, 11) is -4.13. The molecule has 3 rings (SSSR count). The molecule has 1 saturated heterocycles. The largest absolute Gasteiger partial charge is 0.384 e. The van der Waals surface area contributed by atoms with E-state index in [1.165, 1.54) is 19.2 Å². The zero-order valence-electron chi connectivity index (χ0n) is 14.5. The smallest absolute Gasteiger partial charge is 0.266 e. The maximum Gasteiger partial charge on any atom is 0.266 e. The van der Waals surface area contributed by atoms with Crippen LogP contribution in [0.2, 0.25) is 5.02 Å². The van der Waals surface area contributed by atoms with Crippen molar-refractivity contribution in [2.45, 2.75) is 30.6 Å². The number of benzene rings is 1. The topological polar surface area (TPSA) is 96.0 Å². The van der Waals surface area contributed by atoms with Gasteiger partial charge in [-0.25, -0.2) is 17.8 Å². The third-order valence-electron chi connectivity index (χ3n) is 4.36. The van der Waals surface area contributed by atoms with E-state index in [0.717, 1.165) is 55.5 Å². The zero-order chi connectivity index (χ0) is 19.3. The first-order chi connectivity index (χ1) is 13.0. The Balaban J connectivity index is 1.54. The third kappa shape index (κ3) is 5.50. The summed E-state index contributed by atoms with van der Waals surface area (Å²) < 4.78 is 44.9. The highest BCUT2D eigenvalue weighted by Gasteiger charge is 2.22. The molecule has 0 atom stereocenters. The Labute approximate surface area is 167 Å². The number of anilines is 2. The average Bonchev–Trinajstić information content (AvgIpc) is 3.07. The average molecular weight is 434 g/mol. The van der Waals surface area contributed by atoms with Gasteiger partial charge in [-0.3, -0.25) is 4.72 Å². The van der Waals surface area contributed by atoms with Gasteiger partial charge in [0.2, 0.25) is 5.13 Å². The monoisotopic (exact) mass is 433 g/mol. The summed E-state index contributed by atoms with van der Waals surface area (Å²) in [6.07, 6.45) is 5.64. The summed E-state index contributed by atoms with van der Waals surface area (Å²) in [5.74, 6) is -0.0684. The Morgan fingerprint density at radius 2 is 2.11 bits per heavy atom. The van der Waals surface area contributed by atoms with E-state index >= 15 is 0 Å². The highest BCUT2D eigenvalue weighted by Crippen LogP contribution is 2.29. The Bertz CT molecular complexity index is 860. The molecule has 1 aromatic heterocycles. The number of rotatable bonds is 10.